The molecular weight excluding hydrogens is 623 g/mol. The molecule has 0 spiro atoms. The summed E-state index contributed by atoms with van der Waals surface area (Å²) in [6.45, 7) is 36.3. The fourth-order valence-corrected chi connectivity index (χ4v) is 7.48. The minimum atomic E-state index is -1.69. The van der Waals surface area contributed by atoms with E-state index in [0.717, 1.165) is 58.7 Å². The summed E-state index contributed by atoms with van der Waals surface area (Å²) in [4.78, 5) is 0. The number of phenolic OH excluding ortho intramolecular Hbond substituents is 1. The minimum absolute atomic E-state index is 0.0365. The summed E-state index contributed by atoms with van der Waals surface area (Å²) in [5.41, 5.74) is 9.48. The second-order valence-corrected chi connectivity index (χ2v) is 20.5. The zero-order valence-electron chi connectivity index (χ0n) is 33.6. The Balaban J connectivity index is 1.78. The molecule has 0 atom stereocenters. The Hall–Kier alpha value is -2.68. The Morgan fingerprint density at radius 1 is 0.551 bits per heavy atom. The van der Waals surface area contributed by atoms with Gasteiger partial charge in [-0.05, 0) is 93.2 Å². The van der Waals surface area contributed by atoms with E-state index in [1.807, 2.05) is 6.92 Å². The number of aromatic hydroxyl groups is 1. The zero-order chi connectivity index (χ0) is 36.9. The van der Waals surface area contributed by atoms with Crippen LogP contribution < -0.4 is 4.52 Å². The number of hydrogen-bond acceptors (Lipinski definition) is 4. The fraction of sp³-hybridized carbons (Fsp3) is 0.591. The molecule has 0 saturated carbocycles. The summed E-state index contributed by atoms with van der Waals surface area (Å²) in [6, 6.07) is 13.7. The van der Waals surface area contributed by atoms with Crippen molar-refractivity contribution in [3.8, 4) is 5.75 Å². The van der Waals surface area contributed by atoms with E-state index in [1.165, 1.54) is 27.8 Å². The molecule has 49 heavy (non-hydrogen) atoms. The van der Waals surface area contributed by atoms with Crippen LogP contribution >= 0.6 is 8.24 Å². The van der Waals surface area contributed by atoms with E-state index in [2.05, 4.69) is 140 Å². The van der Waals surface area contributed by atoms with E-state index in [4.69, 9.17) is 12.9 Å². The molecule has 5 heteroatoms. The fourth-order valence-electron chi connectivity index (χ4n) is 6.37. The van der Waals surface area contributed by atoms with E-state index in [-0.39, 0.29) is 27.1 Å². The van der Waals surface area contributed by atoms with Crippen LogP contribution in [0.3, 0.4) is 0 Å². The molecule has 0 radical (unpaired) electrons. The molecule has 1 N–H and O–H groups in total. The second-order valence-electron chi connectivity index (χ2n) is 19.4. The lowest BCUT2D eigenvalue weighted by Gasteiger charge is -2.27. The van der Waals surface area contributed by atoms with Gasteiger partial charge in [0.1, 0.15) is 16.9 Å². The van der Waals surface area contributed by atoms with Gasteiger partial charge in [0.15, 0.2) is 0 Å². The molecule has 1 heterocycles. The molecule has 4 aromatic rings. The summed E-state index contributed by atoms with van der Waals surface area (Å²) in [5, 5.41) is 12.8. The maximum Gasteiger partial charge on any atom is 0.387 e. The van der Waals surface area contributed by atoms with Gasteiger partial charge in [-0.3, -0.25) is 4.52 Å². The highest BCUT2D eigenvalue weighted by molar-refractivity contribution is 7.31. The Labute approximate surface area is 298 Å². The predicted molar refractivity (Wildman–Crippen MR) is 212 cm³/mol. The molecule has 0 fully saturated rings. The van der Waals surface area contributed by atoms with E-state index < -0.39 is 8.24 Å². The summed E-state index contributed by atoms with van der Waals surface area (Å²) >= 11 is 0. The lowest BCUT2D eigenvalue weighted by atomic mass is 9.77. The van der Waals surface area contributed by atoms with Crippen LogP contribution in [0.2, 0.25) is 0 Å². The minimum Gasteiger partial charge on any atom is -0.507 e. The summed E-state index contributed by atoms with van der Waals surface area (Å²) < 4.78 is 20.3. The van der Waals surface area contributed by atoms with Gasteiger partial charge in [0.05, 0.1) is 6.61 Å². The maximum absolute atomic E-state index is 10.6. The number of unbranched alkanes of at least 4 members (excludes halogenated alkanes) is 2. The van der Waals surface area contributed by atoms with Crippen LogP contribution in [-0.4, -0.2) is 11.7 Å². The first-order chi connectivity index (χ1) is 22.3. The highest BCUT2D eigenvalue weighted by Crippen LogP contribution is 2.45. The van der Waals surface area contributed by atoms with Crippen molar-refractivity contribution < 1.29 is 18.0 Å². The van der Waals surface area contributed by atoms with Crippen LogP contribution in [0.5, 0.6) is 5.75 Å². The number of phenols is 1. The van der Waals surface area contributed by atoms with Gasteiger partial charge in [0.25, 0.3) is 0 Å². The van der Waals surface area contributed by atoms with Crippen molar-refractivity contribution in [2.45, 2.75) is 164 Å². The van der Waals surface area contributed by atoms with E-state index in [1.54, 1.807) is 0 Å². The van der Waals surface area contributed by atoms with Crippen molar-refractivity contribution >= 4 is 30.2 Å². The van der Waals surface area contributed by atoms with Crippen molar-refractivity contribution in [3.05, 3.63) is 75.3 Å². The number of benzene rings is 3. The van der Waals surface area contributed by atoms with Crippen LogP contribution in [0.25, 0.3) is 21.9 Å². The van der Waals surface area contributed by atoms with Crippen LogP contribution in [0.4, 0.5) is 0 Å². The third-order valence-electron chi connectivity index (χ3n) is 9.62. The van der Waals surface area contributed by atoms with Gasteiger partial charge in [-0.15, -0.1) is 0 Å². The second kappa shape index (κ2) is 13.8. The van der Waals surface area contributed by atoms with Crippen molar-refractivity contribution in [3.63, 3.8) is 0 Å². The van der Waals surface area contributed by atoms with Gasteiger partial charge in [-0.25, -0.2) is 0 Å². The third kappa shape index (κ3) is 9.17. The number of aryl methyl sites for hydroxylation is 2. The lowest BCUT2D eigenvalue weighted by Crippen LogP contribution is -2.17. The average Bonchev–Trinajstić information content (AvgIpc) is 3.09. The maximum atomic E-state index is 10.6. The van der Waals surface area contributed by atoms with E-state index in [0.29, 0.717) is 12.4 Å². The quantitative estimate of drug-likeness (QED) is 0.196. The number of hydrogen-bond donors (Lipinski definition) is 1. The van der Waals surface area contributed by atoms with Crippen molar-refractivity contribution in [1.82, 2.24) is 0 Å². The van der Waals surface area contributed by atoms with Crippen molar-refractivity contribution in [2.75, 3.05) is 6.61 Å². The molecule has 4 nitrogen and oxygen atoms in total. The van der Waals surface area contributed by atoms with Crippen molar-refractivity contribution in [2.24, 2.45) is 0 Å². The molecule has 0 aliphatic rings. The molecule has 0 aliphatic heterocycles. The molecule has 0 saturated heterocycles. The van der Waals surface area contributed by atoms with E-state index in [9.17, 15) is 5.11 Å². The van der Waals surface area contributed by atoms with Gasteiger partial charge in [-0.2, -0.15) is 0 Å². The Bertz CT molecular complexity index is 1750. The summed E-state index contributed by atoms with van der Waals surface area (Å²) in [6.07, 6.45) is 3.98. The van der Waals surface area contributed by atoms with Gasteiger partial charge in [0.2, 0.25) is 0 Å². The standard InChI is InChI=1S/C44H65O4P/c1-28-22-29(23-34(37(28)45)42(8,9)10)20-18-17-19-21-46-49-47-38-32(24-30(40(2,3)4)26-35(38)43(11,12)13)33-25-31(41(5,6)7)27-36(39(33)48-49)44(14,15)16/h22-27,45H,17-21H2,1-16H3. The Kier molecular flexibility index (Phi) is 11.0. The molecule has 0 unspecified atom stereocenters. The first kappa shape index (κ1) is 39.1. The first-order valence-electron chi connectivity index (χ1n) is 18.3. The molecule has 0 bridgehead atoms. The highest BCUT2D eigenvalue weighted by atomic mass is 31.1. The molecule has 270 valence electrons. The van der Waals surface area contributed by atoms with Gasteiger partial charge in [-0.1, -0.05) is 135 Å². The molecule has 1 aromatic heterocycles. The van der Waals surface area contributed by atoms with Crippen molar-refractivity contribution in [1.29, 1.82) is 0 Å². The molecule has 4 rings (SSSR count). The van der Waals surface area contributed by atoms with Gasteiger partial charge in [0, 0.05) is 21.9 Å². The molecule has 0 amide bonds. The predicted octanol–water partition coefficient (Wildman–Crippen LogP) is 13.6. The van der Waals surface area contributed by atoms with Crippen LogP contribution in [0.1, 0.15) is 162 Å². The Morgan fingerprint density at radius 2 is 1.00 bits per heavy atom. The molecule has 3 aromatic carbocycles. The SMILES string of the molecule is Cc1cc(CCCCCOp2oc3c(C(C)(C)C)cc(C(C)(C)C)cc3c3cc(C(C)(C)C)cc(C(C)(C)C)c3o2)cc(C(C)(C)C)c1O. The van der Waals surface area contributed by atoms with Gasteiger partial charge < -0.3 is 13.5 Å². The summed E-state index contributed by atoms with van der Waals surface area (Å²) in [5.74, 6) is 0.423. The van der Waals surface area contributed by atoms with Crippen LogP contribution in [0.15, 0.2) is 44.8 Å². The number of fused-ring (bicyclic) bond motifs is 3. The first-order valence-corrected chi connectivity index (χ1v) is 19.4. The smallest absolute Gasteiger partial charge is 0.387 e. The topological polar surface area (TPSA) is 55.7 Å². The molecule has 0 aliphatic carbocycles. The van der Waals surface area contributed by atoms with Crippen LogP contribution in [-0.2, 0) is 33.5 Å². The summed E-state index contributed by atoms with van der Waals surface area (Å²) in [7, 11) is -1.69. The molecular formula is C44H65O4P. The lowest BCUT2D eigenvalue weighted by molar-refractivity contribution is 0.357. The normalized spacial score (nSPS) is 13.5. The largest absolute Gasteiger partial charge is 0.507 e. The zero-order valence-corrected chi connectivity index (χ0v) is 34.5. The van der Waals surface area contributed by atoms with E-state index >= 15 is 0 Å². The van der Waals surface area contributed by atoms with Gasteiger partial charge >= 0.3 is 8.24 Å². The highest BCUT2D eigenvalue weighted by Gasteiger charge is 2.29. The average molecular weight is 689 g/mol. The monoisotopic (exact) mass is 688 g/mol. The third-order valence-corrected chi connectivity index (χ3v) is 10.7. The number of rotatable bonds is 7. The Morgan fingerprint density at radius 3 is 1.41 bits per heavy atom. The van der Waals surface area contributed by atoms with Crippen LogP contribution in [0, 0.1) is 6.92 Å².